The van der Waals surface area contributed by atoms with Crippen LogP contribution in [0.5, 0.6) is 0 Å². The van der Waals surface area contributed by atoms with E-state index in [0.29, 0.717) is 21.3 Å². The lowest BCUT2D eigenvalue weighted by atomic mass is 10.4. The molecule has 0 saturated heterocycles. The van der Waals surface area contributed by atoms with Crippen molar-refractivity contribution < 1.29 is 8.42 Å². The third-order valence-electron chi connectivity index (χ3n) is 2.48. The summed E-state index contributed by atoms with van der Waals surface area (Å²) >= 11 is 4.45. The molecule has 0 spiro atoms. The highest BCUT2D eigenvalue weighted by Gasteiger charge is 2.20. The minimum atomic E-state index is -3.34. The second-order valence-corrected chi connectivity index (χ2v) is 7.77. The third-order valence-corrected chi connectivity index (χ3v) is 6.62. The van der Waals surface area contributed by atoms with Gasteiger partial charge in [0.05, 0.1) is 0 Å². The minimum Gasteiger partial charge on any atom is -0.314 e. The summed E-state index contributed by atoms with van der Waals surface area (Å²) in [4.78, 5) is 0. The van der Waals surface area contributed by atoms with Gasteiger partial charge < -0.3 is 5.32 Å². The molecular weight excluding hydrogens is 324 g/mol. The molecule has 0 atom stereocenters. The molecular formula is C10H15BrN2O2S2. The highest BCUT2D eigenvalue weighted by molar-refractivity contribution is 9.10. The van der Waals surface area contributed by atoms with Gasteiger partial charge in [0.15, 0.2) is 0 Å². The largest absolute Gasteiger partial charge is 0.314 e. The average Bonchev–Trinajstić information content (AvgIpc) is 2.98. The molecule has 4 nitrogen and oxygen atoms in total. The Hall–Kier alpha value is 0.0500. The molecule has 0 unspecified atom stereocenters. The topological polar surface area (TPSA) is 58.2 Å². The van der Waals surface area contributed by atoms with E-state index in [-0.39, 0.29) is 0 Å². The van der Waals surface area contributed by atoms with Gasteiger partial charge in [0.1, 0.15) is 4.21 Å². The van der Waals surface area contributed by atoms with Crippen LogP contribution in [0, 0.1) is 0 Å². The van der Waals surface area contributed by atoms with Crippen LogP contribution in [0.2, 0.25) is 0 Å². The molecule has 1 fully saturated rings. The van der Waals surface area contributed by atoms with Gasteiger partial charge in [-0.1, -0.05) is 0 Å². The zero-order chi connectivity index (χ0) is 12.3. The van der Waals surface area contributed by atoms with Gasteiger partial charge >= 0.3 is 0 Å². The van der Waals surface area contributed by atoms with Gasteiger partial charge in [-0.05, 0) is 53.2 Å². The van der Waals surface area contributed by atoms with Crippen LogP contribution in [0.15, 0.2) is 20.1 Å². The van der Waals surface area contributed by atoms with Crippen LogP contribution in [-0.2, 0) is 10.0 Å². The lowest BCUT2D eigenvalue weighted by molar-refractivity contribution is 0.575. The molecule has 0 amide bonds. The van der Waals surface area contributed by atoms with Crippen LogP contribution in [0.3, 0.4) is 0 Å². The summed E-state index contributed by atoms with van der Waals surface area (Å²) in [7, 11) is -3.34. The Labute approximate surface area is 114 Å². The van der Waals surface area contributed by atoms with E-state index < -0.39 is 10.0 Å². The first-order valence-corrected chi connectivity index (χ1v) is 8.71. The van der Waals surface area contributed by atoms with Crippen molar-refractivity contribution in [3.63, 3.8) is 0 Å². The van der Waals surface area contributed by atoms with E-state index in [0.717, 1.165) is 13.0 Å². The molecule has 1 aromatic rings. The molecule has 2 rings (SSSR count). The third kappa shape index (κ3) is 4.03. The number of hydrogen-bond donors (Lipinski definition) is 2. The zero-order valence-electron chi connectivity index (χ0n) is 9.28. The summed E-state index contributed by atoms with van der Waals surface area (Å²) in [5, 5.41) is 5.10. The molecule has 1 aliphatic carbocycles. The fourth-order valence-corrected chi connectivity index (χ4v) is 4.88. The van der Waals surface area contributed by atoms with E-state index >= 15 is 0 Å². The van der Waals surface area contributed by atoms with Crippen molar-refractivity contribution in [2.24, 2.45) is 0 Å². The van der Waals surface area contributed by atoms with Crippen molar-refractivity contribution in [3.05, 3.63) is 15.9 Å². The maximum absolute atomic E-state index is 11.9. The van der Waals surface area contributed by atoms with Crippen molar-refractivity contribution in [2.45, 2.75) is 29.5 Å². The van der Waals surface area contributed by atoms with Crippen molar-refractivity contribution in [1.29, 1.82) is 0 Å². The first-order chi connectivity index (χ1) is 8.09. The molecule has 17 heavy (non-hydrogen) atoms. The van der Waals surface area contributed by atoms with E-state index in [1.165, 1.54) is 24.2 Å². The predicted molar refractivity (Wildman–Crippen MR) is 72.8 cm³/mol. The highest BCUT2D eigenvalue weighted by atomic mass is 79.9. The van der Waals surface area contributed by atoms with Gasteiger partial charge in [0, 0.05) is 17.1 Å². The quantitative estimate of drug-likeness (QED) is 0.747. The number of rotatable bonds is 7. The van der Waals surface area contributed by atoms with Crippen LogP contribution < -0.4 is 10.0 Å². The minimum absolute atomic E-state index is 0.354. The van der Waals surface area contributed by atoms with E-state index in [1.807, 2.05) is 0 Å². The first kappa shape index (κ1) is 13.5. The van der Waals surface area contributed by atoms with Gasteiger partial charge in [0.25, 0.3) is 10.0 Å². The summed E-state index contributed by atoms with van der Waals surface area (Å²) in [6.07, 6.45) is 3.33. The Balaban J connectivity index is 1.75. The van der Waals surface area contributed by atoms with Gasteiger partial charge in [0.2, 0.25) is 0 Å². The standard InChI is InChI=1S/C10H15BrN2O2S2/c11-9-4-7-16-10(9)17(14,15)13-6-1-5-12-8-2-3-8/h4,7-8,12-13H,1-3,5-6H2. The number of thiophene rings is 1. The molecule has 1 aliphatic rings. The van der Waals surface area contributed by atoms with Crippen LogP contribution >= 0.6 is 27.3 Å². The number of hydrogen-bond acceptors (Lipinski definition) is 4. The fourth-order valence-electron chi connectivity index (χ4n) is 1.43. The van der Waals surface area contributed by atoms with E-state index in [9.17, 15) is 8.42 Å². The monoisotopic (exact) mass is 338 g/mol. The SMILES string of the molecule is O=S(=O)(NCCCNC1CC1)c1sccc1Br. The Morgan fingerprint density at radius 3 is 2.76 bits per heavy atom. The second-order valence-electron chi connectivity index (χ2n) is 4.04. The predicted octanol–water partition coefficient (Wildman–Crippen LogP) is 1.93. The number of halogens is 1. The van der Waals surface area contributed by atoms with Crippen molar-refractivity contribution >= 4 is 37.3 Å². The van der Waals surface area contributed by atoms with Crippen LogP contribution in [0.4, 0.5) is 0 Å². The smallest absolute Gasteiger partial charge is 0.251 e. The van der Waals surface area contributed by atoms with E-state index in [1.54, 1.807) is 11.4 Å². The van der Waals surface area contributed by atoms with E-state index in [2.05, 4.69) is 26.0 Å². The van der Waals surface area contributed by atoms with Crippen LogP contribution in [-0.4, -0.2) is 27.5 Å². The molecule has 1 heterocycles. The number of nitrogens with one attached hydrogen (secondary N) is 2. The van der Waals surface area contributed by atoms with Gasteiger partial charge in [-0.3, -0.25) is 0 Å². The first-order valence-electron chi connectivity index (χ1n) is 5.55. The second kappa shape index (κ2) is 5.79. The van der Waals surface area contributed by atoms with Crippen molar-refractivity contribution in [3.8, 4) is 0 Å². The normalized spacial score (nSPS) is 16.3. The van der Waals surface area contributed by atoms with Gasteiger partial charge in [-0.25, -0.2) is 13.1 Å². The molecule has 96 valence electrons. The van der Waals surface area contributed by atoms with Crippen LogP contribution in [0.25, 0.3) is 0 Å². The Bertz CT molecular complexity index is 468. The van der Waals surface area contributed by atoms with Gasteiger partial charge in [-0.2, -0.15) is 0 Å². The summed E-state index contributed by atoms with van der Waals surface area (Å²) in [5.74, 6) is 0. The summed E-state index contributed by atoms with van der Waals surface area (Å²) in [6.45, 7) is 1.35. The maximum atomic E-state index is 11.9. The highest BCUT2D eigenvalue weighted by Crippen LogP contribution is 2.27. The molecule has 1 aromatic heterocycles. The molecule has 0 aromatic carbocycles. The fraction of sp³-hybridized carbons (Fsp3) is 0.600. The molecule has 2 N–H and O–H groups in total. The summed E-state index contributed by atoms with van der Waals surface area (Å²) < 4.78 is 27.3. The zero-order valence-corrected chi connectivity index (χ0v) is 12.5. The lowest BCUT2D eigenvalue weighted by Gasteiger charge is -2.06. The lowest BCUT2D eigenvalue weighted by Crippen LogP contribution is -2.27. The Morgan fingerprint density at radius 1 is 1.41 bits per heavy atom. The van der Waals surface area contributed by atoms with Crippen molar-refractivity contribution in [2.75, 3.05) is 13.1 Å². The van der Waals surface area contributed by atoms with Crippen molar-refractivity contribution in [1.82, 2.24) is 10.0 Å². The molecule has 0 aliphatic heterocycles. The molecule has 1 saturated carbocycles. The summed E-state index contributed by atoms with van der Waals surface area (Å²) in [6, 6.07) is 2.42. The average molecular weight is 339 g/mol. The van der Waals surface area contributed by atoms with Gasteiger partial charge in [-0.15, -0.1) is 11.3 Å². The molecule has 7 heteroatoms. The Kier molecular flexibility index (Phi) is 4.59. The summed E-state index contributed by atoms with van der Waals surface area (Å²) in [5.41, 5.74) is 0. The van der Waals surface area contributed by atoms with E-state index in [4.69, 9.17) is 0 Å². The number of sulfonamides is 1. The molecule has 0 bridgehead atoms. The molecule has 0 radical (unpaired) electrons. The van der Waals surface area contributed by atoms with Crippen LogP contribution in [0.1, 0.15) is 19.3 Å². The maximum Gasteiger partial charge on any atom is 0.251 e. The Morgan fingerprint density at radius 2 is 2.18 bits per heavy atom.